The molecule has 0 atom stereocenters. The Morgan fingerprint density at radius 2 is 1.69 bits per heavy atom. The number of ether oxygens (including phenoxy) is 1. The van der Waals surface area contributed by atoms with Gasteiger partial charge < -0.3 is 16.2 Å². The number of halogens is 1. The summed E-state index contributed by atoms with van der Waals surface area (Å²) in [5, 5.41) is 15.6. The van der Waals surface area contributed by atoms with Crippen LogP contribution in [-0.2, 0) is 0 Å². The molecule has 3 aromatic carbocycles. The number of rotatable bonds is 6. The fraction of sp³-hybridized carbons (Fsp3) is 0. The fourth-order valence-electron chi connectivity index (χ4n) is 3.14. The Morgan fingerprint density at radius 3 is 2.31 bits per heavy atom. The lowest BCUT2D eigenvalue weighted by molar-refractivity contribution is -0.384. The van der Waals surface area contributed by atoms with Crippen LogP contribution in [-0.4, -0.2) is 20.6 Å². The second-order valence-electron chi connectivity index (χ2n) is 6.72. The summed E-state index contributed by atoms with van der Waals surface area (Å²) in [7, 11) is 0. The molecule has 0 saturated carbocycles. The van der Waals surface area contributed by atoms with Gasteiger partial charge in [0.05, 0.1) is 10.6 Å². The fourth-order valence-corrected chi connectivity index (χ4v) is 3.56. The number of benzene rings is 3. The maximum atomic E-state index is 12.2. The van der Waals surface area contributed by atoms with Crippen molar-refractivity contribution in [2.24, 2.45) is 5.73 Å². The highest BCUT2D eigenvalue weighted by molar-refractivity contribution is 9.10. The number of nitro groups is 1. The highest BCUT2D eigenvalue weighted by atomic mass is 79.9. The lowest BCUT2D eigenvalue weighted by Gasteiger charge is -2.07. The Morgan fingerprint density at radius 1 is 1.03 bits per heavy atom. The third-order valence-corrected chi connectivity index (χ3v) is 5.31. The number of amides is 1. The minimum atomic E-state index is -0.769. The second kappa shape index (κ2) is 8.52. The van der Waals surface area contributed by atoms with Crippen molar-refractivity contribution in [1.29, 1.82) is 0 Å². The standard InChI is InChI=1S/C22H16BrN5O4/c23-17-11-8-14(28(30)31)12-18(17)27-21(24)19(22(25)29)20(26-27)13-6-9-16(10-7-13)32-15-4-2-1-3-5-15/h1-12H,24H2,(H2,25,29). The topological polar surface area (TPSA) is 139 Å². The highest BCUT2D eigenvalue weighted by Gasteiger charge is 2.24. The van der Waals surface area contributed by atoms with Crippen LogP contribution in [0.3, 0.4) is 0 Å². The molecule has 1 amide bonds. The molecule has 32 heavy (non-hydrogen) atoms. The quantitative estimate of drug-likeness (QED) is 0.295. The van der Waals surface area contributed by atoms with Gasteiger partial charge in [-0.15, -0.1) is 0 Å². The van der Waals surface area contributed by atoms with Crippen LogP contribution in [0.1, 0.15) is 10.4 Å². The zero-order valence-corrected chi connectivity index (χ0v) is 18.0. The zero-order chi connectivity index (χ0) is 22.8. The van der Waals surface area contributed by atoms with Crippen LogP contribution in [0.25, 0.3) is 16.9 Å². The van der Waals surface area contributed by atoms with E-state index < -0.39 is 10.8 Å². The Hall–Kier alpha value is -4.18. The highest BCUT2D eigenvalue weighted by Crippen LogP contribution is 2.34. The number of nitrogen functional groups attached to an aromatic ring is 1. The van der Waals surface area contributed by atoms with Crippen LogP contribution >= 0.6 is 15.9 Å². The summed E-state index contributed by atoms with van der Waals surface area (Å²) < 4.78 is 7.54. The van der Waals surface area contributed by atoms with Crippen LogP contribution in [0.4, 0.5) is 11.5 Å². The predicted octanol–water partition coefficient (Wildman–Crippen LogP) is 4.68. The predicted molar refractivity (Wildman–Crippen MR) is 123 cm³/mol. The number of hydrogen-bond acceptors (Lipinski definition) is 6. The van der Waals surface area contributed by atoms with E-state index in [2.05, 4.69) is 21.0 Å². The Kier molecular flexibility index (Phi) is 5.61. The third-order valence-electron chi connectivity index (χ3n) is 4.64. The molecule has 0 unspecified atom stereocenters. The van der Waals surface area contributed by atoms with Gasteiger partial charge >= 0.3 is 0 Å². The number of nitro benzene ring substituents is 1. The Bertz CT molecular complexity index is 1320. The summed E-state index contributed by atoms with van der Waals surface area (Å²) >= 11 is 3.35. The van der Waals surface area contributed by atoms with Gasteiger partial charge in [-0.2, -0.15) is 5.10 Å². The number of nitrogens with zero attached hydrogens (tertiary/aromatic N) is 3. The van der Waals surface area contributed by atoms with E-state index in [4.69, 9.17) is 16.2 Å². The molecular weight excluding hydrogens is 478 g/mol. The van der Waals surface area contributed by atoms with Crippen molar-refractivity contribution in [2.45, 2.75) is 0 Å². The van der Waals surface area contributed by atoms with Gasteiger partial charge in [0.25, 0.3) is 11.6 Å². The zero-order valence-electron chi connectivity index (χ0n) is 16.4. The van der Waals surface area contributed by atoms with Gasteiger partial charge in [-0.25, -0.2) is 4.68 Å². The van der Waals surface area contributed by atoms with E-state index in [0.717, 1.165) is 0 Å². The van der Waals surface area contributed by atoms with Crippen LogP contribution in [0.5, 0.6) is 11.5 Å². The number of carbonyl (C=O) groups excluding carboxylic acids is 1. The summed E-state index contributed by atoms with van der Waals surface area (Å²) in [5.74, 6) is 0.477. The molecule has 9 nitrogen and oxygen atoms in total. The smallest absolute Gasteiger partial charge is 0.271 e. The van der Waals surface area contributed by atoms with Gasteiger partial charge in [0.1, 0.15) is 28.6 Å². The maximum absolute atomic E-state index is 12.2. The van der Waals surface area contributed by atoms with Crippen molar-refractivity contribution >= 4 is 33.3 Å². The first-order valence-corrected chi connectivity index (χ1v) is 10.1. The van der Waals surface area contributed by atoms with E-state index in [1.165, 1.54) is 22.9 Å². The molecule has 0 fully saturated rings. The molecule has 0 spiro atoms. The van der Waals surface area contributed by atoms with Crippen molar-refractivity contribution < 1.29 is 14.5 Å². The molecule has 0 saturated heterocycles. The van der Waals surface area contributed by atoms with Gasteiger partial charge in [0.2, 0.25) is 0 Å². The van der Waals surface area contributed by atoms with E-state index in [0.29, 0.717) is 27.2 Å². The van der Waals surface area contributed by atoms with Crippen LogP contribution in [0.2, 0.25) is 0 Å². The molecule has 0 aliphatic heterocycles. The number of nitrogens with two attached hydrogens (primary N) is 2. The van der Waals surface area contributed by atoms with E-state index >= 15 is 0 Å². The molecule has 0 radical (unpaired) electrons. The van der Waals surface area contributed by atoms with E-state index in [9.17, 15) is 14.9 Å². The van der Waals surface area contributed by atoms with Crippen molar-refractivity contribution in [3.05, 3.63) is 92.9 Å². The minimum absolute atomic E-state index is 0.0140. The maximum Gasteiger partial charge on any atom is 0.271 e. The summed E-state index contributed by atoms with van der Waals surface area (Å²) in [6.45, 7) is 0. The molecule has 0 aliphatic rings. The lowest BCUT2D eigenvalue weighted by atomic mass is 10.1. The van der Waals surface area contributed by atoms with Crippen molar-refractivity contribution in [2.75, 3.05) is 5.73 Å². The average molecular weight is 494 g/mol. The molecule has 10 heteroatoms. The molecule has 1 aromatic heterocycles. The molecule has 0 bridgehead atoms. The van der Waals surface area contributed by atoms with Crippen molar-refractivity contribution in [3.8, 4) is 28.4 Å². The van der Waals surface area contributed by atoms with E-state index in [-0.39, 0.29) is 22.8 Å². The Labute approximate surface area is 190 Å². The first-order valence-electron chi connectivity index (χ1n) is 9.31. The molecule has 4 rings (SSSR count). The van der Waals surface area contributed by atoms with Gasteiger partial charge in [0.15, 0.2) is 0 Å². The number of aromatic nitrogens is 2. The second-order valence-corrected chi connectivity index (χ2v) is 7.57. The monoisotopic (exact) mass is 493 g/mol. The number of carbonyl (C=O) groups is 1. The Balaban J connectivity index is 1.76. The summed E-state index contributed by atoms with van der Waals surface area (Å²) in [6.07, 6.45) is 0. The summed E-state index contributed by atoms with van der Waals surface area (Å²) in [6, 6.07) is 20.3. The van der Waals surface area contributed by atoms with Crippen LogP contribution in [0, 0.1) is 10.1 Å². The first-order chi connectivity index (χ1) is 15.3. The summed E-state index contributed by atoms with van der Waals surface area (Å²) in [5.41, 5.74) is 12.8. The number of primary amides is 1. The first kappa shape index (κ1) is 21.1. The average Bonchev–Trinajstić information content (AvgIpc) is 3.12. The SMILES string of the molecule is NC(=O)c1c(-c2ccc(Oc3ccccc3)cc2)nn(-c2cc([N+](=O)[O-])ccc2Br)c1N. The van der Waals surface area contributed by atoms with E-state index in [1.807, 2.05) is 30.3 Å². The molecule has 4 N–H and O–H groups in total. The van der Waals surface area contributed by atoms with E-state index in [1.54, 1.807) is 24.3 Å². The van der Waals surface area contributed by atoms with Crippen LogP contribution in [0.15, 0.2) is 77.3 Å². The van der Waals surface area contributed by atoms with Gasteiger partial charge in [-0.1, -0.05) is 18.2 Å². The van der Waals surface area contributed by atoms with Crippen LogP contribution < -0.4 is 16.2 Å². The molecule has 0 aliphatic carbocycles. The summed E-state index contributed by atoms with van der Waals surface area (Å²) in [4.78, 5) is 22.8. The minimum Gasteiger partial charge on any atom is -0.457 e. The van der Waals surface area contributed by atoms with Gasteiger partial charge in [-0.3, -0.25) is 14.9 Å². The largest absolute Gasteiger partial charge is 0.457 e. The van der Waals surface area contributed by atoms with Crippen molar-refractivity contribution in [3.63, 3.8) is 0 Å². The lowest BCUT2D eigenvalue weighted by Crippen LogP contribution is -2.14. The molecule has 1 heterocycles. The van der Waals surface area contributed by atoms with Crippen molar-refractivity contribution in [1.82, 2.24) is 9.78 Å². The van der Waals surface area contributed by atoms with Gasteiger partial charge in [0, 0.05) is 22.2 Å². The number of para-hydroxylation sites is 1. The molecule has 4 aromatic rings. The normalized spacial score (nSPS) is 10.7. The third kappa shape index (κ3) is 4.03. The number of hydrogen-bond donors (Lipinski definition) is 2. The molecular formula is C22H16BrN5O4. The number of anilines is 1. The molecule has 160 valence electrons. The van der Waals surface area contributed by atoms with Gasteiger partial charge in [-0.05, 0) is 58.4 Å². The number of non-ortho nitro benzene ring substituents is 1.